The Labute approximate surface area is 241 Å². The van der Waals surface area contributed by atoms with Crippen LogP contribution >= 0.6 is 0 Å². The zero-order valence-corrected chi connectivity index (χ0v) is 24.6. The van der Waals surface area contributed by atoms with E-state index in [1.165, 1.54) is 0 Å². The first-order valence-electron chi connectivity index (χ1n) is 14.1. The van der Waals surface area contributed by atoms with E-state index in [9.17, 15) is 19.5 Å². The summed E-state index contributed by atoms with van der Waals surface area (Å²) < 4.78 is 11.5. The van der Waals surface area contributed by atoms with Crippen LogP contribution in [0.1, 0.15) is 73.1 Å². The largest absolute Gasteiger partial charge is 0.493 e. The number of carboxylic acids is 1. The number of amides is 1. The highest BCUT2D eigenvalue weighted by atomic mass is 16.5. The number of anilines is 1. The van der Waals surface area contributed by atoms with E-state index in [1.54, 1.807) is 24.1 Å². The highest BCUT2D eigenvalue weighted by Gasteiger charge is 2.30. The average molecular weight is 565 g/mol. The van der Waals surface area contributed by atoms with E-state index in [1.807, 2.05) is 39.8 Å². The molecule has 4 rings (SSSR count). The molecule has 2 aliphatic rings. The maximum atomic E-state index is 13.4. The lowest BCUT2D eigenvalue weighted by molar-refractivity contribution is -0.139. The second-order valence-corrected chi connectivity index (χ2v) is 11.6. The third kappa shape index (κ3) is 6.64. The van der Waals surface area contributed by atoms with Crippen molar-refractivity contribution in [1.29, 1.82) is 5.41 Å². The van der Waals surface area contributed by atoms with Crippen LogP contribution in [0.5, 0.6) is 11.5 Å². The summed E-state index contributed by atoms with van der Waals surface area (Å²) in [5, 5.41) is 20.6. The van der Waals surface area contributed by atoms with E-state index in [2.05, 4.69) is 10.2 Å². The highest BCUT2D eigenvalue weighted by Crippen LogP contribution is 2.41. The van der Waals surface area contributed by atoms with Crippen LogP contribution in [0.15, 0.2) is 24.3 Å². The smallest absolute Gasteiger partial charge is 0.341 e. The summed E-state index contributed by atoms with van der Waals surface area (Å²) in [6.07, 6.45) is 2.24. The summed E-state index contributed by atoms with van der Waals surface area (Å²) in [5.41, 5.74) is 3.98. The molecular weight excluding hydrogens is 524 g/mol. The fraction of sp³-hybridized carbons (Fsp3) is 0.484. The number of carbonyl (C=O) groups is 3. The van der Waals surface area contributed by atoms with Gasteiger partial charge in [0.25, 0.3) is 5.91 Å². The second-order valence-electron chi connectivity index (χ2n) is 11.6. The summed E-state index contributed by atoms with van der Waals surface area (Å²) in [4.78, 5) is 41.1. The van der Waals surface area contributed by atoms with Gasteiger partial charge >= 0.3 is 5.97 Å². The van der Waals surface area contributed by atoms with Crippen molar-refractivity contribution in [3.05, 3.63) is 52.1 Å². The first-order chi connectivity index (χ1) is 19.4. The van der Waals surface area contributed by atoms with Gasteiger partial charge in [-0.15, -0.1) is 0 Å². The standard InChI is InChI=1S/C31H40N4O6/c1-6-40-26-14-20-16-35(29(32)22(20)15-23(26)30(39)33-5)17-21(36)11-19-12-24(31(2,3)4)28(41-18-27(37)38)25(13-19)34-9-7-8-10-34/h12-15,32H,6-11,16-18H2,1-5H3,(H,33,39)(H,37,38). The molecule has 41 heavy (non-hydrogen) atoms. The van der Waals surface area contributed by atoms with E-state index in [0.717, 1.165) is 48.3 Å². The number of ketones is 1. The molecule has 0 spiro atoms. The molecule has 220 valence electrons. The molecular formula is C31H40N4O6. The Hall–Kier alpha value is -4.08. The predicted octanol–water partition coefficient (Wildman–Crippen LogP) is 3.76. The lowest BCUT2D eigenvalue weighted by atomic mass is 9.84. The molecule has 2 aromatic carbocycles. The summed E-state index contributed by atoms with van der Waals surface area (Å²) in [6.45, 7) is 10.1. The zero-order valence-electron chi connectivity index (χ0n) is 24.6. The number of carboxylic acid groups (broad SMARTS) is 1. The van der Waals surface area contributed by atoms with Gasteiger partial charge in [-0.05, 0) is 54.5 Å². The molecule has 0 bridgehead atoms. The van der Waals surface area contributed by atoms with Crippen molar-refractivity contribution >= 4 is 29.2 Å². The molecule has 1 fully saturated rings. The second kappa shape index (κ2) is 12.2. The van der Waals surface area contributed by atoms with Gasteiger partial charge in [-0.25, -0.2) is 4.79 Å². The minimum atomic E-state index is -1.04. The highest BCUT2D eigenvalue weighted by molar-refractivity contribution is 6.06. The van der Waals surface area contributed by atoms with Crippen molar-refractivity contribution in [3.8, 4) is 11.5 Å². The monoisotopic (exact) mass is 564 g/mol. The van der Waals surface area contributed by atoms with Gasteiger partial charge in [0.15, 0.2) is 12.4 Å². The molecule has 3 N–H and O–H groups in total. The number of fused-ring (bicyclic) bond motifs is 1. The topological polar surface area (TPSA) is 132 Å². The number of ether oxygens (including phenoxy) is 2. The number of carbonyl (C=O) groups excluding carboxylic acids is 2. The van der Waals surface area contributed by atoms with Crippen molar-refractivity contribution in [2.75, 3.05) is 44.8 Å². The number of aliphatic carboxylic acids is 1. The lowest BCUT2D eigenvalue weighted by Gasteiger charge is -2.29. The van der Waals surface area contributed by atoms with E-state index < -0.39 is 12.6 Å². The van der Waals surface area contributed by atoms with Crippen LogP contribution in [0, 0.1) is 5.41 Å². The first kappa shape index (κ1) is 29.9. The Bertz CT molecular complexity index is 1360. The summed E-state index contributed by atoms with van der Waals surface area (Å²) in [5.74, 6) is -0.162. The van der Waals surface area contributed by atoms with Gasteiger partial charge in [0.2, 0.25) is 0 Å². The Kier molecular flexibility index (Phi) is 8.89. The number of Topliss-reactive ketones (excluding diaryl/α,β-unsaturated/α-hetero) is 1. The number of hydrogen-bond acceptors (Lipinski definition) is 7. The molecule has 1 amide bonds. The van der Waals surface area contributed by atoms with Crippen molar-refractivity contribution in [3.63, 3.8) is 0 Å². The summed E-state index contributed by atoms with van der Waals surface area (Å²) >= 11 is 0. The Morgan fingerprint density at radius 3 is 2.39 bits per heavy atom. The Morgan fingerprint density at radius 2 is 1.78 bits per heavy atom. The number of nitrogens with zero attached hydrogens (tertiary/aromatic N) is 2. The van der Waals surface area contributed by atoms with E-state index in [-0.39, 0.29) is 35.9 Å². The Morgan fingerprint density at radius 1 is 1.07 bits per heavy atom. The van der Waals surface area contributed by atoms with Crippen LogP contribution < -0.4 is 19.7 Å². The summed E-state index contributed by atoms with van der Waals surface area (Å²) in [7, 11) is 1.55. The third-order valence-electron chi connectivity index (χ3n) is 7.40. The SMILES string of the molecule is CCOc1cc2c(cc1C(=O)NC)C(=N)N(CC(=O)Cc1cc(N3CCCC3)c(OCC(=O)O)c(C(C)(C)C)c1)C2. The van der Waals surface area contributed by atoms with Gasteiger partial charge < -0.3 is 29.7 Å². The van der Waals surface area contributed by atoms with Gasteiger partial charge in [0.05, 0.1) is 24.4 Å². The lowest BCUT2D eigenvalue weighted by Crippen LogP contribution is -2.31. The number of amidine groups is 1. The molecule has 0 aromatic heterocycles. The van der Waals surface area contributed by atoms with Gasteiger partial charge in [0, 0.05) is 44.2 Å². The van der Waals surface area contributed by atoms with Gasteiger partial charge in [-0.2, -0.15) is 0 Å². The molecule has 0 aliphatic carbocycles. The molecule has 2 aliphatic heterocycles. The fourth-order valence-electron chi connectivity index (χ4n) is 5.46. The normalized spacial score (nSPS) is 14.7. The van der Waals surface area contributed by atoms with E-state index in [0.29, 0.717) is 35.8 Å². The van der Waals surface area contributed by atoms with Crippen LogP contribution in [0.25, 0.3) is 0 Å². The predicted molar refractivity (Wildman–Crippen MR) is 157 cm³/mol. The molecule has 0 saturated carbocycles. The van der Waals surface area contributed by atoms with Crippen molar-refractivity contribution in [2.45, 2.75) is 58.9 Å². The maximum absolute atomic E-state index is 13.4. The van der Waals surface area contributed by atoms with Crippen LogP contribution in [-0.2, 0) is 28.0 Å². The minimum Gasteiger partial charge on any atom is -0.493 e. The quantitative estimate of drug-likeness (QED) is 0.376. The molecule has 0 unspecified atom stereocenters. The van der Waals surface area contributed by atoms with Crippen LogP contribution in [-0.4, -0.2) is 73.4 Å². The molecule has 2 heterocycles. The number of hydrogen-bond donors (Lipinski definition) is 3. The molecule has 0 atom stereocenters. The third-order valence-corrected chi connectivity index (χ3v) is 7.40. The van der Waals surface area contributed by atoms with Crippen LogP contribution in [0.3, 0.4) is 0 Å². The maximum Gasteiger partial charge on any atom is 0.341 e. The molecule has 10 heteroatoms. The number of benzene rings is 2. The van der Waals surface area contributed by atoms with Crippen LogP contribution in [0.2, 0.25) is 0 Å². The Balaban J connectivity index is 1.58. The minimum absolute atomic E-state index is 0.0496. The number of rotatable bonds is 11. The zero-order chi connectivity index (χ0) is 29.9. The van der Waals surface area contributed by atoms with Gasteiger partial charge in [-0.1, -0.05) is 26.8 Å². The van der Waals surface area contributed by atoms with Crippen molar-refractivity contribution in [2.24, 2.45) is 0 Å². The fourth-order valence-corrected chi connectivity index (χ4v) is 5.46. The van der Waals surface area contributed by atoms with Crippen molar-refractivity contribution < 1.29 is 29.0 Å². The first-order valence-corrected chi connectivity index (χ1v) is 14.1. The van der Waals surface area contributed by atoms with Crippen LogP contribution in [0.4, 0.5) is 5.69 Å². The van der Waals surface area contributed by atoms with Gasteiger partial charge in [0.1, 0.15) is 17.3 Å². The summed E-state index contributed by atoms with van der Waals surface area (Å²) in [6, 6.07) is 7.35. The molecule has 0 radical (unpaired) electrons. The molecule has 1 saturated heterocycles. The van der Waals surface area contributed by atoms with E-state index in [4.69, 9.17) is 14.9 Å². The number of nitrogens with one attached hydrogen (secondary N) is 2. The molecule has 10 nitrogen and oxygen atoms in total. The van der Waals surface area contributed by atoms with Crippen molar-refractivity contribution in [1.82, 2.24) is 10.2 Å². The van der Waals surface area contributed by atoms with Gasteiger partial charge in [-0.3, -0.25) is 15.0 Å². The van der Waals surface area contributed by atoms with E-state index >= 15 is 0 Å². The average Bonchev–Trinajstić information content (AvgIpc) is 3.54. The molecule has 2 aromatic rings.